The summed E-state index contributed by atoms with van der Waals surface area (Å²) in [5, 5.41) is 21.8. The average molecular weight is 365 g/mol. The highest BCUT2D eigenvalue weighted by molar-refractivity contribution is 5.65. The van der Waals surface area contributed by atoms with Crippen LogP contribution in [0.25, 0.3) is 11.4 Å². The van der Waals surface area contributed by atoms with Crippen LogP contribution < -0.4 is 10.9 Å². The number of hydrogen-bond donors (Lipinski definition) is 2. The van der Waals surface area contributed by atoms with Crippen LogP contribution in [0.4, 0.5) is 5.82 Å². The molecule has 7 nitrogen and oxygen atoms in total. The minimum atomic E-state index is -0.260. The van der Waals surface area contributed by atoms with Gasteiger partial charge in [0.15, 0.2) is 5.82 Å². The maximum atomic E-state index is 12.8. The molecular formula is C20H23N5O2. The van der Waals surface area contributed by atoms with Crippen LogP contribution in [0.3, 0.4) is 0 Å². The Morgan fingerprint density at radius 3 is 2.81 bits per heavy atom. The van der Waals surface area contributed by atoms with E-state index in [1.807, 2.05) is 0 Å². The Labute approximate surface area is 158 Å². The van der Waals surface area contributed by atoms with Gasteiger partial charge in [-0.3, -0.25) is 14.3 Å². The van der Waals surface area contributed by atoms with Crippen LogP contribution in [-0.2, 0) is 7.05 Å². The number of phenols is 1. The molecule has 1 atom stereocenters. The summed E-state index contributed by atoms with van der Waals surface area (Å²) < 4.78 is 1.40. The molecule has 7 heteroatoms. The number of aromatic hydroxyl groups is 1. The third kappa shape index (κ3) is 3.53. The molecule has 1 aromatic heterocycles. The number of anilines is 1. The molecule has 27 heavy (non-hydrogen) atoms. The molecule has 1 aromatic carbocycles. The summed E-state index contributed by atoms with van der Waals surface area (Å²) in [6.45, 7) is 2.07. The van der Waals surface area contributed by atoms with E-state index in [-0.39, 0.29) is 23.2 Å². The SMILES string of the molecule is C#Cc1ccc(-c2nnc(N[C@@H]3CCCN(C4CC4)C3)c(=O)n2C)c(O)c1. The fraction of sp³-hybridized carbons (Fsp3) is 0.450. The van der Waals surface area contributed by atoms with E-state index >= 15 is 0 Å². The van der Waals surface area contributed by atoms with Gasteiger partial charge in [-0.1, -0.05) is 5.92 Å². The van der Waals surface area contributed by atoms with Gasteiger partial charge < -0.3 is 10.4 Å². The summed E-state index contributed by atoms with van der Waals surface area (Å²) in [4.78, 5) is 15.3. The van der Waals surface area contributed by atoms with Crippen LogP contribution in [-0.4, -0.2) is 49.9 Å². The van der Waals surface area contributed by atoms with Crippen molar-refractivity contribution in [2.45, 2.75) is 37.8 Å². The molecular weight excluding hydrogens is 342 g/mol. The van der Waals surface area contributed by atoms with Gasteiger partial charge in [0.2, 0.25) is 5.82 Å². The fourth-order valence-corrected chi connectivity index (χ4v) is 3.69. The summed E-state index contributed by atoms with van der Waals surface area (Å²) in [6, 6.07) is 5.75. The van der Waals surface area contributed by atoms with Crippen LogP contribution in [0, 0.1) is 12.3 Å². The quantitative estimate of drug-likeness (QED) is 0.801. The lowest BCUT2D eigenvalue weighted by molar-refractivity contribution is 0.207. The van der Waals surface area contributed by atoms with Crippen molar-refractivity contribution < 1.29 is 5.11 Å². The Morgan fingerprint density at radius 1 is 1.30 bits per heavy atom. The highest BCUT2D eigenvalue weighted by Gasteiger charge is 2.32. The Morgan fingerprint density at radius 2 is 2.11 bits per heavy atom. The molecule has 0 spiro atoms. The third-order valence-corrected chi connectivity index (χ3v) is 5.33. The first-order valence-electron chi connectivity index (χ1n) is 9.31. The molecule has 2 aliphatic rings. The largest absolute Gasteiger partial charge is 0.507 e. The molecule has 1 aliphatic carbocycles. The van der Waals surface area contributed by atoms with Gasteiger partial charge in [0.05, 0.1) is 5.56 Å². The van der Waals surface area contributed by atoms with Crippen molar-refractivity contribution in [1.82, 2.24) is 19.7 Å². The van der Waals surface area contributed by atoms with Crippen molar-refractivity contribution in [3.63, 3.8) is 0 Å². The molecule has 140 valence electrons. The minimum Gasteiger partial charge on any atom is -0.507 e. The summed E-state index contributed by atoms with van der Waals surface area (Å²) in [6.07, 6.45) is 10.1. The van der Waals surface area contributed by atoms with Gasteiger partial charge in [-0.2, -0.15) is 0 Å². The van der Waals surface area contributed by atoms with Gasteiger partial charge in [-0.25, -0.2) is 0 Å². The van der Waals surface area contributed by atoms with E-state index in [1.165, 1.54) is 23.5 Å². The number of aromatic nitrogens is 3. The monoisotopic (exact) mass is 365 g/mol. The Bertz CT molecular complexity index is 958. The normalized spacial score (nSPS) is 20.2. The topological polar surface area (TPSA) is 83.3 Å². The lowest BCUT2D eigenvalue weighted by Gasteiger charge is -2.33. The summed E-state index contributed by atoms with van der Waals surface area (Å²) in [7, 11) is 1.63. The van der Waals surface area contributed by atoms with Gasteiger partial charge in [0.1, 0.15) is 5.75 Å². The van der Waals surface area contributed by atoms with Crippen molar-refractivity contribution in [2.24, 2.45) is 7.05 Å². The second-order valence-electron chi connectivity index (χ2n) is 7.32. The Kier molecular flexibility index (Phi) is 4.58. The predicted molar refractivity (Wildman–Crippen MR) is 104 cm³/mol. The van der Waals surface area contributed by atoms with E-state index in [0.29, 0.717) is 17.0 Å². The second kappa shape index (κ2) is 7.05. The molecule has 2 heterocycles. The van der Waals surface area contributed by atoms with E-state index in [2.05, 4.69) is 26.3 Å². The first-order valence-corrected chi connectivity index (χ1v) is 9.31. The molecule has 0 unspecified atom stereocenters. The zero-order chi connectivity index (χ0) is 19.0. The molecule has 4 rings (SSSR count). The summed E-state index contributed by atoms with van der Waals surface area (Å²) >= 11 is 0. The third-order valence-electron chi connectivity index (χ3n) is 5.33. The standard InChI is InChI=1S/C20H23N5O2/c1-3-13-6-9-16(17(26)11-13)19-23-22-18(20(27)24(19)2)21-14-5-4-10-25(12-14)15-7-8-15/h1,6,9,11,14-15,26H,4-5,7-8,10,12H2,2H3,(H,21,22)/t14-/m1/s1. The number of phenolic OH excluding ortho intramolecular Hbond substituents is 1. The van der Waals surface area contributed by atoms with Crippen molar-refractivity contribution in [3.05, 3.63) is 34.1 Å². The van der Waals surface area contributed by atoms with Gasteiger partial charge >= 0.3 is 0 Å². The highest BCUT2D eigenvalue weighted by Crippen LogP contribution is 2.30. The lowest BCUT2D eigenvalue weighted by Crippen LogP contribution is -2.44. The zero-order valence-electron chi connectivity index (χ0n) is 15.4. The maximum Gasteiger partial charge on any atom is 0.296 e. The highest BCUT2D eigenvalue weighted by atomic mass is 16.3. The van der Waals surface area contributed by atoms with Crippen molar-refractivity contribution in [3.8, 4) is 29.5 Å². The number of piperidine rings is 1. The molecule has 2 fully saturated rings. The van der Waals surface area contributed by atoms with Gasteiger partial charge in [-0.05, 0) is 50.4 Å². The second-order valence-corrected chi connectivity index (χ2v) is 7.32. The van der Waals surface area contributed by atoms with Gasteiger partial charge in [0, 0.05) is 31.2 Å². The van der Waals surface area contributed by atoms with E-state index in [9.17, 15) is 9.90 Å². The molecule has 2 N–H and O–H groups in total. The fourth-order valence-electron chi connectivity index (χ4n) is 3.69. The first kappa shape index (κ1) is 17.6. The molecule has 0 bridgehead atoms. The van der Waals surface area contributed by atoms with Gasteiger partial charge in [-0.15, -0.1) is 16.6 Å². The van der Waals surface area contributed by atoms with E-state index in [4.69, 9.17) is 6.42 Å². The number of benzene rings is 1. The van der Waals surface area contributed by atoms with Crippen LogP contribution >= 0.6 is 0 Å². The Hall–Kier alpha value is -2.85. The number of hydrogen-bond acceptors (Lipinski definition) is 6. The van der Waals surface area contributed by atoms with E-state index < -0.39 is 0 Å². The van der Waals surface area contributed by atoms with Crippen LogP contribution in [0.15, 0.2) is 23.0 Å². The molecule has 1 saturated carbocycles. The van der Waals surface area contributed by atoms with Gasteiger partial charge in [0.25, 0.3) is 5.56 Å². The summed E-state index contributed by atoms with van der Waals surface area (Å²) in [5.74, 6) is 2.99. The van der Waals surface area contributed by atoms with Crippen LogP contribution in [0.1, 0.15) is 31.2 Å². The number of likely N-dealkylation sites (tertiary alicyclic amines) is 1. The summed E-state index contributed by atoms with van der Waals surface area (Å²) in [5.41, 5.74) is 0.721. The minimum absolute atomic E-state index is 0.0252. The Balaban J connectivity index is 1.57. The number of nitrogens with one attached hydrogen (secondary N) is 1. The maximum absolute atomic E-state index is 12.8. The molecule has 0 radical (unpaired) electrons. The molecule has 0 amide bonds. The predicted octanol–water partition coefficient (Wildman–Crippen LogP) is 1.57. The molecule has 1 saturated heterocycles. The van der Waals surface area contributed by atoms with Crippen LogP contribution in [0.2, 0.25) is 0 Å². The lowest BCUT2D eigenvalue weighted by atomic mass is 10.1. The van der Waals surface area contributed by atoms with E-state index in [0.717, 1.165) is 32.0 Å². The van der Waals surface area contributed by atoms with Crippen LogP contribution in [0.5, 0.6) is 5.75 Å². The molecule has 2 aromatic rings. The van der Waals surface area contributed by atoms with Crippen molar-refractivity contribution in [2.75, 3.05) is 18.4 Å². The number of nitrogens with zero attached hydrogens (tertiary/aromatic N) is 4. The number of rotatable bonds is 4. The average Bonchev–Trinajstić information content (AvgIpc) is 3.52. The first-order chi connectivity index (χ1) is 13.1. The molecule has 1 aliphatic heterocycles. The smallest absolute Gasteiger partial charge is 0.296 e. The van der Waals surface area contributed by atoms with Crippen molar-refractivity contribution in [1.29, 1.82) is 0 Å². The number of terminal acetylenes is 1. The zero-order valence-corrected chi connectivity index (χ0v) is 15.4. The van der Waals surface area contributed by atoms with E-state index in [1.54, 1.807) is 19.2 Å². The van der Waals surface area contributed by atoms with Crippen molar-refractivity contribution >= 4 is 5.82 Å².